The molecular weight excluding hydrogens is 252 g/mol. The van der Waals surface area contributed by atoms with Crippen LogP contribution in [0.3, 0.4) is 0 Å². The molecule has 0 aromatic carbocycles. The van der Waals surface area contributed by atoms with Gasteiger partial charge in [-0.15, -0.1) is 0 Å². The van der Waals surface area contributed by atoms with Crippen molar-refractivity contribution in [1.29, 1.82) is 0 Å². The molecule has 1 aliphatic heterocycles. The lowest BCUT2D eigenvalue weighted by molar-refractivity contribution is 0.0928. The van der Waals surface area contributed by atoms with Gasteiger partial charge in [-0.1, -0.05) is 0 Å². The lowest BCUT2D eigenvalue weighted by atomic mass is 10.1. The number of rotatable bonds is 2. The minimum absolute atomic E-state index is 0.0451. The van der Waals surface area contributed by atoms with Crippen molar-refractivity contribution in [2.45, 2.75) is 51.6 Å². The number of carbonyl (C=O) groups excluding carboxylic acids is 1. The van der Waals surface area contributed by atoms with Crippen molar-refractivity contribution in [3.63, 3.8) is 0 Å². The summed E-state index contributed by atoms with van der Waals surface area (Å²) in [7, 11) is 2.13. The van der Waals surface area contributed by atoms with Gasteiger partial charge in [-0.05, 0) is 60.2 Å². The minimum Gasteiger partial charge on any atom is -0.348 e. The number of hydrogen-bond donors (Lipinski definition) is 1. The van der Waals surface area contributed by atoms with E-state index in [1.54, 1.807) is 6.33 Å². The third kappa shape index (κ3) is 3.82. The number of amides is 1. The average Bonchev–Trinajstić information content (AvgIpc) is 2.77. The Balaban J connectivity index is 1.96. The smallest absolute Gasteiger partial charge is 0.271 e. The lowest BCUT2D eigenvalue weighted by Crippen LogP contribution is -2.35. The van der Waals surface area contributed by atoms with Crippen LogP contribution in [0.15, 0.2) is 12.5 Å². The molecule has 0 radical (unpaired) electrons. The molecule has 112 valence electrons. The summed E-state index contributed by atoms with van der Waals surface area (Å²) in [5, 5.41) is 3.12. The molecule has 1 N–H and O–H groups in total. The Bertz CT molecular complexity index is 461. The predicted octanol–water partition coefficient (Wildman–Crippen LogP) is 1.85. The van der Waals surface area contributed by atoms with E-state index in [0.717, 1.165) is 32.4 Å². The first kappa shape index (κ1) is 15.0. The maximum absolute atomic E-state index is 12.2. The highest BCUT2D eigenvalue weighted by Crippen LogP contribution is 2.14. The summed E-state index contributed by atoms with van der Waals surface area (Å²) in [6.07, 6.45) is 6.77. The first-order chi connectivity index (χ1) is 9.36. The van der Waals surface area contributed by atoms with Crippen molar-refractivity contribution < 1.29 is 4.79 Å². The van der Waals surface area contributed by atoms with E-state index in [1.807, 2.05) is 10.8 Å². The Morgan fingerprint density at radius 2 is 2.10 bits per heavy atom. The molecule has 0 aliphatic carbocycles. The maximum Gasteiger partial charge on any atom is 0.271 e. The fraction of sp³-hybridized carbons (Fsp3) is 0.733. The van der Waals surface area contributed by atoms with Crippen LogP contribution >= 0.6 is 0 Å². The van der Waals surface area contributed by atoms with Gasteiger partial charge in [-0.2, -0.15) is 0 Å². The van der Waals surface area contributed by atoms with Crippen LogP contribution in [0.25, 0.3) is 0 Å². The Morgan fingerprint density at radius 1 is 1.35 bits per heavy atom. The minimum atomic E-state index is -0.0532. The summed E-state index contributed by atoms with van der Waals surface area (Å²) in [5.41, 5.74) is 0.467. The third-order valence-electron chi connectivity index (χ3n) is 3.88. The van der Waals surface area contributed by atoms with Crippen molar-refractivity contribution in [2.24, 2.45) is 0 Å². The number of hydrogen-bond acceptors (Lipinski definition) is 3. The Labute approximate surface area is 121 Å². The first-order valence-electron chi connectivity index (χ1n) is 7.40. The average molecular weight is 278 g/mol. The predicted molar refractivity (Wildman–Crippen MR) is 79.8 cm³/mol. The molecule has 1 atom stereocenters. The molecule has 0 bridgehead atoms. The zero-order chi connectivity index (χ0) is 14.8. The molecule has 5 heteroatoms. The number of imidazole rings is 1. The van der Waals surface area contributed by atoms with E-state index < -0.39 is 0 Å². The molecule has 1 aromatic rings. The van der Waals surface area contributed by atoms with Crippen LogP contribution in [-0.2, 0) is 5.54 Å². The number of aromatic nitrogens is 2. The summed E-state index contributed by atoms with van der Waals surface area (Å²) in [5.74, 6) is -0.0532. The van der Waals surface area contributed by atoms with Crippen LogP contribution < -0.4 is 5.32 Å². The second kappa shape index (κ2) is 5.95. The molecule has 1 amide bonds. The number of nitrogens with one attached hydrogen (secondary N) is 1. The van der Waals surface area contributed by atoms with Crippen molar-refractivity contribution in [1.82, 2.24) is 19.8 Å². The van der Waals surface area contributed by atoms with Gasteiger partial charge in [0.05, 0.1) is 6.33 Å². The van der Waals surface area contributed by atoms with Gasteiger partial charge < -0.3 is 14.8 Å². The highest BCUT2D eigenvalue weighted by molar-refractivity contribution is 5.92. The standard InChI is InChI=1S/C15H26N4O/c1-15(2,3)19-10-13(16-11-19)14(20)17-12-6-5-8-18(4)9-7-12/h10-12H,5-9H2,1-4H3,(H,17,20). The van der Waals surface area contributed by atoms with Crippen molar-refractivity contribution in [3.05, 3.63) is 18.2 Å². The van der Waals surface area contributed by atoms with E-state index in [-0.39, 0.29) is 17.5 Å². The molecule has 0 spiro atoms. The molecule has 2 rings (SSSR count). The van der Waals surface area contributed by atoms with Gasteiger partial charge >= 0.3 is 0 Å². The van der Waals surface area contributed by atoms with E-state index >= 15 is 0 Å². The monoisotopic (exact) mass is 278 g/mol. The summed E-state index contributed by atoms with van der Waals surface area (Å²) in [6, 6.07) is 0.271. The molecule has 1 unspecified atom stereocenters. The quantitative estimate of drug-likeness (QED) is 0.898. The van der Waals surface area contributed by atoms with Gasteiger partial charge in [0.25, 0.3) is 5.91 Å². The number of nitrogens with zero attached hydrogens (tertiary/aromatic N) is 3. The number of carbonyl (C=O) groups is 1. The van der Waals surface area contributed by atoms with Gasteiger partial charge in [-0.25, -0.2) is 4.98 Å². The molecule has 0 saturated carbocycles. The molecule has 1 fully saturated rings. The lowest BCUT2D eigenvalue weighted by Gasteiger charge is -2.20. The van der Waals surface area contributed by atoms with Gasteiger partial charge in [0, 0.05) is 17.8 Å². The van der Waals surface area contributed by atoms with Crippen LogP contribution in [0.1, 0.15) is 50.5 Å². The first-order valence-corrected chi connectivity index (χ1v) is 7.40. The fourth-order valence-electron chi connectivity index (χ4n) is 2.45. The van der Waals surface area contributed by atoms with Crippen molar-refractivity contribution in [2.75, 3.05) is 20.1 Å². The Kier molecular flexibility index (Phi) is 4.48. The third-order valence-corrected chi connectivity index (χ3v) is 3.88. The van der Waals surface area contributed by atoms with E-state index in [4.69, 9.17) is 0 Å². The molecule has 1 aromatic heterocycles. The Hall–Kier alpha value is -1.36. The Morgan fingerprint density at radius 3 is 2.75 bits per heavy atom. The molecule has 1 aliphatic rings. The zero-order valence-corrected chi connectivity index (χ0v) is 13.0. The fourth-order valence-corrected chi connectivity index (χ4v) is 2.45. The second-order valence-electron chi connectivity index (χ2n) is 6.74. The zero-order valence-electron chi connectivity index (χ0n) is 13.0. The molecule has 20 heavy (non-hydrogen) atoms. The number of likely N-dealkylation sites (tertiary alicyclic amines) is 1. The summed E-state index contributed by atoms with van der Waals surface area (Å²) in [4.78, 5) is 18.8. The van der Waals surface area contributed by atoms with E-state index in [0.29, 0.717) is 5.69 Å². The van der Waals surface area contributed by atoms with Crippen LogP contribution in [-0.4, -0.2) is 46.5 Å². The largest absolute Gasteiger partial charge is 0.348 e. The van der Waals surface area contributed by atoms with Crippen LogP contribution in [0.5, 0.6) is 0 Å². The SMILES string of the molecule is CN1CCCC(NC(=O)c2cn(C(C)(C)C)cn2)CC1. The summed E-state index contributed by atoms with van der Waals surface area (Å²) < 4.78 is 1.97. The van der Waals surface area contributed by atoms with Crippen molar-refractivity contribution >= 4 is 5.91 Å². The highest BCUT2D eigenvalue weighted by Gasteiger charge is 2.20. The van der Waals surface area contributed by atoms with Crippen molar-refractivity contribution in [3.8, 4) is 0 Å². The van der Waals surface area contributed by atoms with Crippen LogP contribution in [0.4, 0.5) is 0 Å². The topological polar surface area (TPSA) is 50.2 Å². The highest BCUT2D eigenvalue weighted by atomic mass is 16.2. The second-order valence-corrected chi connectivity index (χ2v) is 6.74. The van der Waals surface area contributed by atoms with E-state index in [2.05, 4.69) is 43.0 Å². The summed E-state index contributed by atoms with van der Waals surface area (Å²) >= 11 is 0. The maximum atomic E-state index is 12.2. The summed E-state index contributed by atoms with van der Waals surface area (Å²) in [6.45, 7) is 8.44. The van der Waals surface area contributed by atoms with Gasteiger partial charge in [0.2, 0.25) is 0 Å². The molecule has 1 saturated heterocycles. The van der Waals surface area contributed by atoms with Gasteiger partial charge in [-0.3, -0.25) is 4.79 Å². The normalized spacial score (nSPS) is 21.5. The van der Waals surface area contributed by atoms with Gasteiger partial charge in [0.15, 0.2) is 0 Å². The molecule has 2 heterocycles. The van der Waals surface area contributed by atoms with Crippen LogP contribution in [0.2, 0.25) is 0 Å². The van der Waals surface area contributed by atoms with E-state index in [9.17, 15) is 4.79 Å². The van der Waals surface area contributed by atoms with Gasteiger partial charge in [0.1, 0.15) is 5.69 Å². The molecular formula is C15H26N4O. The molecule has 5 nitrogen and oxygen atoms in total. The van der Waals surface area contributed by atoms with Crippen LogP contribution in [0, 0.1) is 0 Å². The van der Waals surface area contributed by atoms with E-state index in [1.165, 1.54) is 0 Å².